The molecule has 110 heavy (non-hydrogen) atoms. The van der Waals surface area contributed by atoms with Gasteiger partial charge in [-0.2, -0.15) is 26.3 Å². The molecule has 7 rings (SSSR count). The molecule has 33 heteroatoms. The molecule has 3 aliphatic heterocycles. The second-order valence-electron chi connectivity index (χ2n) is 32.4. The quantitative estimate of drug-likeness (QED) is 0.0780. The van der Waals surface area contributed by atoms with E-state index in [0.29, 0.717) is 51.4 Å². The van der Waals surface area contributed by atoms with Crippen LogP contribution in [0.3, 0.4) is 0 Å². The lowest BCUT2D eigenvalue weighted by molar-refractivity contribution is -0.219. The molecule has 2 unspecified atom stereocenters. The average Bonchev–Trinajstić information content (AvgIpc) is 1.17. The Kier molecular flexibility index (Phi) is 32.3. The van der Waals surface area contributed by atoms with E-state index in [-0.39, 0.29) is 96.7 Å². The number of unbranched alkanes of at least 4 members (excludes halogenated alkanes) is 3. The Labute approximate surface area is 642 Å². The van der Waals surface area contributed by atoms with Crippen LogP contribution in [0.4, 0.5) is 35.1 Å². The van der Waals surface area contributed by atoms with E-state index in [1.807, 2.05) is 6.92 Å². The van der Waals surface area contributed by atoms with Crippen molar-refractivity contribution < 1.29 is 97.4 Å². The van der Waals surface area contributed by atoms with E-state index >= 15 is 47.1 Å². The Morgan fingerprint density at radius 3 is 1.84 bits per heavy atom. The third kappa shape index (κ3) is 22.2. The first-order valence-corrected chi connectivity index (χ1v) is 39.7. The predicted octanol–water partition coefficient (Wildman–Crippen LogP) is 7.28. The molecule has 6 fully saturated rings. The number of amides is 12. The smallest absolute Gasteiger partial charge is 0.377 e. The molecule has 12 atom stereocenters. The zero-order valence-electron chi connectivity index (χ0n) is 66.2. The highest BCUT2D eigenvalue weighted by Gasteiger charge is 2.56. The first-order chi connectivity index (χ1) is 51.7. The van der Waals surface area contributed by atoms with Crippen LogP contribution in [-0.4, -0.2) is 289 Å². The molecule has 622 valence electrons. The minimum absolute atomic E-state index is 0.00385. The molecule has 0 aromatic carbocycles. The topological polar surface area (TPSA) is 279 Å². The molecule has 1 spiro atoms. The van der Waals surface area contributed by atoms with Gasteiger partial charge in [0.1, 0.15) is 72.1 Å². The summed E-state index contributed by atoms with van der Waals surface area (Å²) in [5.74, 6) is -16.7. The minimum atomic E-state index is -5.22. The van der Waals surface area contributed by atoms with Crippen LogP contribution in [-0.2, 0) is 62.3 Å². The molecule has 12 amide bonds. The maximum absolute atomic E-state index is 15.6. The van der Waals surface area contributed by atoms with Crippen LogP contribution in [0.15, 0.2) is 12.2 Å². The van der Waals surface area contributed by atoms with Crippen molar-refractivity contribution in [3.8, 4) is 0 Å². The second-order valence-corrected chi connectivity index (χ2v) is 32.4. The van der Waals surface area contributed by atoms with Crippen molar-refractivity contribution in [3.63, 3.8) is 0 Å². The fourth-order valence-corrected chi connectivity index (χ4v) is 17.4. The Bertz CT molecular complexity index is 3250. The number of hydrogen-bond acceptors (Lipinski definition) is 13. The van der Waals surface area contributed by atoms with Gasteiger partial charge in [-0.25, -0.2) is 8.78 Å². The van der Waals surface area contributed by atoms with Crippen molar-refractivity contribution in [2.45, 2.75) is 279 Å². The zero-order valence-corrected chi connectivity index (χ0v) is 66.2. The predicted molar refractivity (Wildman–Crippen MR) is 390 cm³/mol. The Morgan fingerprint density at radius 2 is 1.26 bits per heavy atom. The largest absolute Gasteiger partial charge is 0.397 e. The molecule has 3 N–H and O–H groups in total. The normalized spacial score (nSPS) is 31.6. The number of carbonyl (C=O) groups excluding carboxylic acids is 12. The van der Waals surface area contributed by atoms with Crippen LogP contribution in [0.1, 0.15) is 195 Å². The van der Waals surface area contributed by atoms with Crippen LogP contribution in [0.25, 0.3) is 0 Å². The van der Waals surface area contributed by atoms with Crippen LogP contribution in [0.2, 0.25) is 0 Å². The number of fused-ring (bicyclic) bond motifs is 3. The zero-order chi connectivity index (χ0) is 81.6. The summed E-state index contributed by atoms with van der Waals surface area (Å²) in [6.07, 6.45) is -10.4. The third-order valence-electron chi connectivity index (χ3n) is 24.5. The van der Waals surface area contributed by atoms with Gasteiger partial charge in [-0.3, -0.25) is 57.5 Å². The van der Waals surface area contributed by atoms with Crippen molar-refractivity contribution in [2.75, 3.05) is 89.2 Å². The van der Waals surface area contributed by atoms with Gasteiger partial charge >= 0.3 is 12.4 Å². The van der Waals surface area contributed by atoms with Gasteiger partial charge in [0.05, 0.1) is 31.5 Å². The second kappa shape index (κ2) is 39.5. The molecule has 0 radical (unpaired) electrons. The molecular weight excluding hydrogens is 1450 g/mol. The fraction of sp³-hybridized carbons (Fsp3) is 0.818. The van der Waals surface area contributed by atoms with E-state index < -0.39 is 230 Å². The summed E-state index contributed by atoms with van der Waals surface area (Å²) in [5, 5.41) is 8.45. The summed E-state index contributed by atoms with van der Waals surface area (Å²) in [6.45, 7) is 5.27. The number of halogens is 8. The minimum Gasteiger partial charge on any atom is -0.377 e. The van der Waals surface area contributed by atoms with E-state index in [2.05, 4.69) is 16.0 Å². The molecule has 3 heterocycles. The van der Waals surface area contributed by atoms with E-state index in [1.165, 1.54) is 76.0 Å². The Morgan fingerprint density at radius 1 is 0.627 bits per heavy atom. The van der Waals surface area contributed by atoms with E-state index in [4.69, 9.17) is 4.74 Å². The lowest BCUT2D eigenvalue weighted by atomic mass is 9.74. The standard InChI is InChI=1S/C77H120F8N12O13/c1-13-16-17-19-27-55-66(101)87-64(46(4)14-2)72(107)91(8)45-62(100)93(10)56-28-20-18-23-37-96(71(56)106)59(40-47-29-32-50(33-30-47)76(80,81)82)70(105)90(7)44-60(98)86-54(34-31-48-38-52(78)63(53(79)39-48)77(83,84)85)68(103)97-43-51(110-15-3)41-57(97)67(102)88-75(35-24-36-75)74(109)95(12)65(49-25-21-22-26-49)73(108)94(11)58(69(104)89(5)6)42-61(99)92(55)9/h18,20,46-59,63-65H,13-17,19,21-45H2,1-12H3,(H,86,98)(H,87,101)(H,88,102)/b20-18-/t46-,47?,48?,50?,51+,52?,53?,54-,55-,56-,57-,58-,59-,63?,64-,65-/m0/s1. The van der Waals surface area contributed by atoms with Crippen LogP contribution < -0.4 is 16.0 Å². The molecule has 25 nitrogen and oxygen atoms in total. The van der Waals surface area contributed by atoms with Crippen LogP contribution in [0.5, 0.6) is 0 Å². The van der Waals surface area contributed by atoms with E-state index in [1.54, 1.807) is 32.9 Å². The molecule has 4 saturated carbocycles. The van der Waals surface area contributed by atoms with Crippen LogP contribution >= 0.6 is 0 Å². The van der Waals surface area contributed by atoms with Gasteiger partial charge in [-0.15, -0.1) is 0 Å². The summed E-state index contributed by atoms with van der Waals surface area (Å²) in [4.78, 5) is 192. The number of alkyl halides is 8. The molecule has 4 aliphatic carbocycles. The molecule has 0 aromatic heterocycles. The van der Waals surface area contributed by atoms with Gasteiger partial charge in [0, 0.05) is 82.5 Å². The third-order valence-corrected chi connectivity index (χ3v) is 24.5. The molecule has 0 aromatic rings. The van der Waals surface area contributed by atoms with Gasteiger partial charge in [0.2, 0.25) is 70.9 Å². The number of likely N-dealkylation sites (N-methyl/N-ethyl adjacent to an activating group) is 7. The van der Waals surface area contributed by atoms with Gasteiger partial charge in [-0.1, -0.05) is 77.9 Å². The highest BCUT2D eigenvalue weighted by molar-refractivity contribution is 6.01. The van der Waals surface area contributed by atoms with E-state index in [9.17, 15) is 45.5 Å². The first-order valence-electron chi connectivity index (χ1n) is 39.7. The maximum Gasteiger partial charge on any atom is 0.397 e. The number of nitrogens with zero attached hydrogens (tertiary/aromatic N) is 9. The van der Waals surface area contributed by atoms with Gasteiger partial charge in [0.25, 0.3) is 0 Å². The first kappa shape index (κ1) is 90.0. The molecular formula is C77H120F8N12O13. The summed E-state index contributed by atoms with van der Waals surface area (Å²) in [6, 6.07) is -11.3. The van der Waals surface area contributed by atoms with Crippen molar-refractivity contribution in [2.24, 2.45) is 35.5 Å². The lowest BCUT2D eigenvalue weighted by Gasteiger charge is -2.46. The number of carbonyl (C=O) groups is 12. The lowest BCUT2D eigenvalue weighted by Crippen LogP contribution is -2.68. The summed E-state index contributed by atoms with van der Waals surface area (Å²) in [7, 11) is 10.9. The number of hydrogen-bond donors (Lipinski definition) is 3. The van der Waals surface area contributed by atoms with Crippen molar-refractivity contribution >= 4 is 70.9 Å². The monoisotopic (exact) mass is 1570 g/mol. The highest BCUT2D eigenvalue weighted by atomic mass is 19.4. The SMILES string of the molecule is CCCCCC[C@H]1C(=O)N[C@@H]([C@@H](C)CC)C(=O)N(C)CC(=O)N(C)[C@H]2C/C=C\CCN(C2=O)[C@@H](CC2CCC(C(F)(F)F)CC2)C(=O)N(C)CC(=O)N[C@@H](CCC2CC(F)C(C(F)(F)F)C(F)C2)C(=O)N2C[C@H](OCC)C[C@H]2C(=O)NC2(CCC2)C(=O)N(C)[C@@H](C2CCCC2)C(=O)N(C)[C@H](C(=O)N(C)C)CC(=O)N1C. The van der Waals surface area contributed by atoms with Gasteiger partial charge in [0.15, 0.2) is 0 Å². The van der Waals surface area contributed by atoms with Crippen LogP contribution in [0, 0.1) is 35.5 Å². The van der Waals surface area contributed by atoms with Crippen molar-refractivity contribution in [3.05, 3.63) is 12.2 Å². The van der Waals surface area contributed by atoms with Crippen molar-refractivity contribution in [1.29, 1.82) is 0 Å². The summed E-state index contributed by atoms with van der Waals surface area (Å²) in [5.41, 5.74) is -1.69. The van der Waals surface area contributed by atoms with Crippen molar-refractivity contribution in [1.82, 2.24) is 60.0 Å². The van der Waals surface area contributed by atoms with E-state index in [0.717, 1.165) is 37.3 Å². The molecule has 7 aliphatic rings. The van der Waals surface area contributed by atoms with Gasteiger partial charge < -0.3 is 64.8 Å². The average molecular weight is 1570 g/mol. The molecule has 2 saturated heterocycles. The summed E-state index contributed by atoms with van der Waals surface area (Å²) < 4.78 is 121. The number of ether oxygens (including phenoxy) is 1. The molecule has 2 bridgehead atoms. The highest BCUT2D eigenvalue weighted by Crippen LogP contribution is 2.46. The Balaban J connectivity index is 1.33. The number of nitrogens with one attached hydrogen (secondary N) is 3. The fourth-order valence-electron chi connectivity index (χ4n) is 17.4. The maximum atomic E-state index is 15.6. The Hall–Kier alpha value is -7.22. The van der Waals surface area contributed by atoms with Gasteiger partial charge in [-0.05, 0) is 140 Å². The number of rotatable bonds is 16. The summed E-state index contributed by atoms with van der Waals surface area (Å²) >= 11 is 0.